The van der Waals surface area contributed by atoms with Crippen LogP contribution in [-0.4, -0.2) is 18.6 Å². The molecule has 0 spiro atoms. The zero-order valence-corrected chi connectivity index (χ0v) is 9.59. The van der Waals surface area contributed by atoms with E-state index in [9.17, 15) is 5.26 Å². The number of nitriles is 1. The highest BCUT2D eigenvalue weighted by atomic mass is 15.0. The quantitative estimate of drug-likeness (QED) is 0.793. The SMILES string of the molecule is Cc1ccc(NC2(C#N)CCNCC2)cc1. The molecule has 0 unspecified atom stereocenters. The number of nitrogens with zero attached hydrogens (tertiary/aromatic N) is 1. The molecule has 0 bridgehead atoms. The van der Waals surface area contributed by atoms with E-state index < -0.39 is 0 Å². The van der Waals surface area contributed by atoms with Gasteiger partial charge in [-0.15, -0.1) is 0 Å². The van der Waals surface area contributed by atoms with Crippen molar-refractivity contribution < 1.29 is 0 Å². The first-order chi connectivity index (χ1) is 7.74. The molecule has 0 radical (unpaired) electrons. The van der Waals surface area contributed by atoms with Gasteiger partial charge in [-0.05, 0) is 45.0 Å². The molecular weight excluding hydrogens is 198 g/mol. The van der Waals surface area contributed by atoms with Crippen molar-refractivity contribution in [1.29, 1.82) is 5.26 Å². The van der Waals surface area contributed by atoms with E-state index in [4.69, 9.17) is 0 Å². The predicted molar refractivity (Wildman–Crippen MR) is 65.2 cm³/mol. The summed E-state index contributed by atoms with van der Waals surface area (Å²) < 4.78 is 0. The van der Waals surface area contributed by atoms with E-state index in [0.717, 1.165) is 31.6 Å². The summed E-state index contributed by atoms with van der Waals surface area (Å²) in [5.41, 5.74) is 1.89. The fourth-order valence-electron chi connectivity index (χ4n) is 2.03. The Hall–Kier alpha value is -1.53. The van der Waals surface area contributed by atoms with E-state index in [1.54, 1.807) is 0 Å². The molecule has 1 aliphatic heterocycles. The van der Waals surface area contributed by atoms with Crippen LogP contribution in [0.5, 0.6) is 0 Å². The Balaban J connectivity index is 2.12. The van der Waals surface area contributed by atoms with Crippen molar-refractivity contribution in [1.82, 2.24) is 5.32 Å². The number of benzene rings is 1. The van der Waals surface area contributed by atoms with Gasteiger partial charge in [-0.25, -0.2) is 0 Å². The minimum Gasteiger partial charge on any atom is -0.367 e. The van der Waals surface area contributed by atoms with Crippen LogP contribution in [0.4, 0.5) is 5.69 Å². The van der Waals surface area contributed by atoms with Crippen LogP contribution >= 0.6 is 0 Å². The largest absolute Gasteiger partial charge is 0.367 e. The normalized spacial score (nSPS) is 18.8. The molecule has 1 aromatic rings. The zero-order valence-electron chi connectivity index (χ0n) is 9.59. The molecule has 0 saturated carbocycles. The van der Waals surface area contributed by atoms with Crippen LogP contribution in [0.3, 0.4) is 0 Å². The van der Waals surface area contributed by atoms with Gasteiger partial charge in [-0.1, -0.05) is 17.7 Å². The molecular formula is C13H17N3. The summed E-state index contributed by atoms with van der Waals surface area (Å²) in [4.78, 5) is 0. The summed E-state index contributed by atoms with van der Waals surface area (Å²) >= 11 is 0. The summed E-state index contributed by atoms with van der Waals surface area (Å²) in [6, 6.07) is 10.6. The topological polar surface area (TPSA) is 47.9 Å². The average molecular weight is 215 g/mol. The lowest BCUT2D eigenvalue weighted by Crippen LogP contribution is -2.46. The number of aryl methyl sites for hydroxylation is 1. The fourth-order valence-corrected chi connectivity index (χ4v) is 2.03. The minimum atomic E-state index is -0.388. The molecule has 0 aliphatic carbocycles. The van der Waals surface area contributed by atoms with E-state index in [1.165, 1.54) is 5.56 Å². The molecule has 0 atom stereocenters. The van der Waals surface area contributed by atoms with E-state index >= 15 is 0 Å². The van der Waals surface area contributed by atoms with Gasteiger partial charge in [0.05, 0.1) is 6.07 Å². The molecule has 3 nitrogen and oxygen atoms in total. The van der Waals surface area contributed by atoms with Crippen LogP contribution in [0.15, 0.2) is 24.3 Å². The van der Waals surface area contributed by atoms with Gasteiger partial charge in [0.1, 0.15) is 5.54 Å². The van der Waals surface area contributed by atoms with Gasteiger partial charge >= 0.3 is 0 Å². The van der Waals surface area contributed by atoms with Crippen LogP contribution in [0.25, 0.3) is 0 Å². The predicted octanol–water partition coefficient (Wildman–Crippen LogP) is 2.05. The second-order valence-corrected chi connectivity index (χ2v) is 4.43. The molecule has 16 heavy (non-hydrogen) atoms. The van der Waals surface area contributed by atoms with E-state index in [2.05, 4.69) is 35.8 Å². The van der Waals surface area contributed by atoms with Gasteiger partial charge in [0.15, 0.2) is 0 Å². The van der Waals surface area contributed by atoms with Crippen molar-refractivity contribution in [2.75, 3.05) is 18.4 Å². The first-order valence-corrected chi connectivity index (χ1v) is 5.71. The van der Waals surface area contributed by atoms with Crippen LogP contribution in [0.2, 0.25) is 0 Å². The van der Waals surface area contributed by atoms with Crippen molar-refractivity contribution in [3.63, 3.8) is 0 Å². The second kappa shape index (κ2) is 4.54. The summed E-state index contributed by atoms with van der Waals surface area (Å²) in [5.74, 6) is 0. The van der Waals surface area contributed by atoms with Crippen LogP contribution in [-0.2, 0) is 0 Å². The van der Waals surface area contributed by atoms with Crippen molar-refractivity contribution >= 4 is 5.69 Å². The summed E-state index contributed by atoms with van der Waals surface area (Å²) in [6.07, 6.45) is 1.72. The van der Waals surface area contributed by atoms with Crippen molar-refractivity contribution in [2.24, 2.45) is 0 Å². The monoisotopic (exact) mass is 215 g/mol. The van der Waals surface area contributed by atoms with Gasteiger partial charge in [-0.3, -0.25) is 0 Å². The zero-order chi connectivity index (χ0) is 11.4. The van der Waals surface area contributed by atoms with Crippen molar-refractivity contribution in [3.05, 3.63) is 29.8 Å². The molecule has 1 aliphatic rings. The van der Waals surface area contributed by atoms with Crippen LogP contribution < -0.4 is 10.6 Å². The van der Waals surface area contributed by atoms with Gasteiger partial charge in [0.2, 0.25) is 0 Å². The highest BCUT2D eigenvalue weighted by Crippen LogP contribution is 2.23. The smallest absolute Gasteiger partial charge is 0.127 e. The number of hydrogen-bond donors (Lipinski definition) is 2. The minimum absolute atomic E-state index is 0.388. The molecule has 0 aromatic heterocycles. The summed E-state index contributed by atoms with van der Waals surface area (Å²) in [5, 5.41) is 16.0. The summed E-state index contributed by atoms with van der Waals surface area (Å²) in [6.45, 7) is 3.88. The fraction of sp³-hybridized carbons (Fsp3) is 0.462. The maximum atomic E-state index is 9.32. The maximum Gasteiger partial charge on any atom is 0.127 e. The Labute approximate surface area is 96.5 Å². The summed E-state index contributed by atoms with van der Waals surface area (Å²) in [7, 11) is 0. The number of nitrogens with one attached hydrogen (secondary N) is 2. The van der Waals surface area contributed by atoms with Crippen molar-refractivity contribution in [3.8, 4) is 6.07 Å². The lowest BCUT2D eigenvalue weighted by molar-refractivity contribution is 0.409. The number of piperidine rings is 1. The average Bonchev–Trinajstić information content (AvgIpc) is 2.33. The highest BCUT2D eigenvalue weighted by Gasteiger charge is 2.31. The molecule has 84 valence electrons. The van der Waals surface area contributed by atoms with Gasteiger partial charge in [-0.2, -0.15) is 5.26 Å². The van der Waals surface area contributed by atoms with Gasteiger partial charge in [0, 0.05) is 5.69 Å². The van der Waals surface area contributed by atoms with Crippen molar-refractivity contribution in [2.45, 2.75) is 25.3 Å². The number of rotatable bonds is 2. The first kappa shape index (κ1) is 11.0. The van der Waals surface area contributed by atoms with Gasteiger partial charge < -0.3 is 10.6 Å². The lowest BCUT2D eigenvalue weighted by atomic mass is 9.89. The Morgan fingerprint density at radius 3 is 2.44 bits per heavy atom. The molecule has 1 saturated heterocycles. The molecule has 1 fully saturated rings. The maximum absolute atomic E-state index is 9.32. The second-order valence-electron chi connectivity index (χ2n) is 4.43. The number of hydrogen-bond acceptors (Lipinski definition) is 3. The Kier molecular flexibility index (Phi) is 3.12. The molecule has 1 heterocycles. The third kappa shape index (κ3) is 2.34. The van der Waals surface area contributed by atoms with Crippen LogP contribution in [0, 0.1) is 18.3 Å². The Morgan fingerprint density at radius 2 is 1.88 bits per heavy atom. The molecule has 1 aromatic carbocycles. The highest BCUT2D eigenvalue weighted by molar-refractivity contribution is 5.49. The lowest BCUT2D eigenvalue weighted by Gasteiger charge is -2.33. The third-order valence-electron chi connectivity index (χ3n) is 3.11. The molecule has 2 rings (SSSR count). The Bertz CT molecular complexity index is 383. The van der Waals surface area contributed by atoms with E-state index in [0.29, 0.717) is 0 Å². The Morgan fingerprint density at radius 1 is 1.25 bits per heavy atom. The molecule has 3 heteroatoms. The van der Waals surface area contributed by atoms with E-state index in [-0.39, 0.29) is 5.54 Å². The van der Waals surface area contributed by atoms with Gasteiger partial charge in [0.25, 0.3) is 0 Å². The molecule has 0 amide bonds. The first-order valence-electron chi connectivity index (χ1n) is 5.71. The standard InChI is InChI=1S/C13H17N3/c1-11-2-4-12(5-3-11)16-13(10-14)6-8-15-9-7-13/h2-5,15-16H,6-9H2,1H3. The third-order valence-corrected chi connectivity index (χ3v) is 3.11. The number of anilines is 1. The van der Waals surface area contributed by atoms with Crippen LogP contribution in [0.1, 0.15) is 18.4 Å². The molecule has 2 N–H and O–H groups in total. The van der Waals surface area contributed by atoms with E-state index in [1.807, 2.05) is 12.1 Å².